The Kier molecular flexibility index (Phi) is 5.87. The number of nitrogens with zero attached hydrogens (tertiary/aromatic N) is 2. The number of rotatable bonds is 5. The first kappa shape index (κ1) is 16.9. The van der Waals surface area contributed by atoms with Crippen molar-refractivity contribution in [2.45, 2.75) is 13.5 Å². The first-order chi connectivity index (χ1) is 10.5. The van der Waals surface area contributed by atoms with Gasteiger partial charge in [-0.05, 0) is 43.4 Å². The van der Waals surface area contributed by atoms with Gasteiger partial charge in [-0.25, -0.2) is 0 Å². The topological polar surface area (TPSA) is 63.8 Å². The molecule has 1 aromatic carbocycles. The van der Waals surface area contributed by atoms with Crippen LogP contribution in [0.3, 0.4) is 0 Å². The predicted octanol–water partition coefficient (Wildman–Crippen LogP) is 4.06. The van der Waals surface area contributed by atoms with Crippen LogP contribution in [0, 0.1) is 3.95 Å². The molecule has 1 aromatic heterocycles. The molecule has 0 bridgehead atoms. The van der Waals surface area contributed by atoms with Gasteiger partial charge < -0.3 is 9.84 Å². The molecule has 22 heavy (non-hydrogen) atoms. The van der Waals surface area contributed by atoms with Gasteiger partial charge in [-0.15, -0.1) is 0 Å². The number of halogens is 1. The molecule has 0 amide bonds. The molecule has 0 saturated heterocycles. The number of ether oxygens (including phenoxy) is 1. The van der Waals surface area contributed by atoms with Gasteiger partial charge in [0.2, 0.25) is 5.88 Å². The number of aromatic hydroxyl groups is 1. The lowest BCUT2D eigenvalue weighted by molar-refractivity contribution is -0.143. The minimum absolute atomic E-state index is 0.0797. The van der Waals surface area contributed by atoms with E-state index in [0.29, 0.717) is 8.83 Å². The number of benzene rings is 1. The molecular weight excluding hydrogens is 388 g/mol. The van der Waals surface area contributed by atoms with Crippen LogP contribution in [-0.4, -0.2) is 28.5 Å². The van der Waals surface area contributed by atoms with Crippen molar-refractivity contribution in [3.8, 4) is 5.88 Å². The quantitative estimate of drug-likeness (QED) is 0.466. The van der Waals surface area contributed by atoms with Gasteiger partial charge in [0.25, 0.3) is 0 Å². The summed E-state index contributed by atoms with van der Waals surface area (Å²) in [6.45, 7) is 1.90. The average molecular weight is 401 g/mol. The fourth-order valence-electron chi connectivity index (χ4n) is 1.63. The van der Waals surface area contributed by atoms with Gasteiger partial charge in [-0.1, -0.05) is 27.3 Å². The minimum Gasteiger partial charge on any atom is -0.493 e. The molecule has 0 aliphatic rings. The molecule has 0 aliphatic carbocycles. The molecule has 0 saturated carbocycles. The predicted molar refractivity (Wildman–Crippen MR) is 92.8 cm³/mol. The molecule has 2 aromatic rings. The lowest BCUT2D eigenvalue weighted by Gasteiger charge is -2.04. The van der Waals surface area contributed by atoms with Gasteiger partial charge in [-0.3, -0.25) is 14.4 Å². The number of esters is 1. The summed E-state index contributed by atoms with van der Waals surface area (Å²) in [5, 5.41) is 10.1. The highest BCUT2D eigenvalue weighted by Crippen LogP contribution is 2.25. The Labute approximate surface area is 145 Å². The van der Waals surface area contributed by atoms with Crippen LogP contribution in [0.1, 0.15) is 11.8 Å². The van der Waals surface area contributed by atoms with Crippen molar-refractivity contribution < 1.29 is 14.6 Å². The van der Waals surface area contributed by atoms with Crippen LogP contribution >= 0.6 is 39.5 Å². The van der Waals surface area contributed by atoms with Gasteiger partial charge in [0, 0.05) is 4.47 Å². The van der Waals surface area contributed by atoms with Crippen LogP contribution in [0.25, 0.3) is 0 Å². The highest BCUT2D eigenvalue weighted by molar-refractivity contribution is 9.10. The van der Waals surface area contributed by atoms with Crippen LogP contribution in [0.5, 0.6) is 5.88 Å². The Balaban J connectivity index is 2.20. The van der Waals surface area contributed by atoms with Crippen LogP contribution in [0.15, 0.2) is 33.7 Å². The third kappa shape index (κ3) is 4.25. The van der Waals surface area contributed by atoms with E-state index in [9.17, 15) is 9.90 Å². The van der Waals surface area contributed by atoms with Crippen molar-refractivity contribution in [1.82, 2.24) is 4.57 Å². The van der Waals surface area contributed by atoms with Crippen LogP contribution in [0.2, 0.25) is 0 Å². The average Bonchev–Trinajstić information content (AvgIpc) is 2.75. The number of hydrogen-bond donors (Lipinski definition) is 1. The lowest BCUT2D eigenvalue weighted by Crippen LogP contribution is -2.13. The maximum Gasteiger partial charge on any atom is 0.326 e. The summed E-state index contributed by atoms with van der Waals surface area (Å²) in [6, 6.07) is 7.43. The SMILES string of the molecule is CCOC(=O)Cn1c(O)c(C=Nc2ccc(Br)cc2)sc1=S. The normalized spacial score (nSPS) is 11.0. The van der Waals surface area contributed by atoms with E-state index < -0.39 is 5.97 Å². The summed E-state index contributed by atoms with van der Waals surface area (Å²) in [7, 11) is 0. The summed E-state index contributed by atoms with van der Waals surface area (Å²) >= 11 is 9.69. The number of carbonyl (C=O) groups is 1. The van der Waals surface area contributed by atoms with Gasteiger partial charge >= 0.3 is 5.97 Å². The van der Waals surface area contributed by atoms with Gasteiger partial charge in [0.05, 0.1) is 18.5 Å². The highest BCUT2D eigenvalue weighted by atomic mass is 79.9. The molecule has 0 radical (unpaired) electrons. The van der Waals surface area contributed by atoms with Crippen molar-refractivity contribution >= 4 is 57.4 Å². The second-order valence-corrected chi connectivity index (χ2v) is 6.77. The monoisotopic (exact) mass is 400 g/mol. The minimum atomic E-state index is -0.442. The summed E-state index contributed by atoms with van der Waals surface area (Å²) in [6.07, 6.45) is 1.53. The maximum atomic E-state index is 11.5. The lowest BCUT2D eigenvalue weighted by atomic mass is 10.3. The van der Waals surface area contributed by atoms with E-state index in [1.807, 2.05) is 24.3 Å². The van der Waals surface area contributed by atoms with Crippen molar-refractivity contribution in [1.29, 1.82) is 0 Å². The maximum absolute atomic E-state index is 11.5. The molecule has 0 spiro atoms. The molecular formula is C14H13BrN2O3S2. The molecule has 0 fully saturated rings. The Bertz CT molecular complexity index is 750. The van der Waals surface area contributed by atoms with Gasteiger partial charge in [-0.2, -0.15) is 0 Å². The standard InChI is InChI=1S/C14H13BrN2O3S2/c1-2-20-12(18)8-17-13(19)11(22-14(17)21)7-16-10-5-3-9(15)4-6-10/h3-7,19H,2,8H2,1H3. The summed E-state index contributed by atoms with van der Waals surface area (Å²) in [4.78, 5) is 16.3. The molecule has 5 nitrogen and oxygen atoms in total. The third-order valence-electron chi connectivity index (χ3n) is 2.64. The van der Waals surface area contributed by atoms with E-state index in [2.05, 4.69) is 20.9 Å². The summed E-state index contributed by atoms with van der Waals surface area (Å²) in [5.41, 5.74) is 0.749. The van der Waals surface area contributed by atoms with Crippen LogP contribution in [0.4, 0.5) is 5.69 Å². The highest BCUT2D eigenvalue weighted by Gasteiger charge is 2.13. The van der Waals surface area contributed by atoms with Crippen LogP contribution in [-0.2, 0) is 16.1 Å². The van der Waals surface area contributed by atoms with Crippen molar-refractivity contribution in [3.05, 3.63) is 37.6 Å². The second-order valence-electron chi connectivity index (χ2n) is 4.18. The molecule has 8 heteroatoms. The van der Waals surface area contributed by atoms with E-state index in [1.54, 1.807) is 6.92 Å². The first-order valence-corrected chi connectivity index (χ1v) is 8.41. The van der Waals surface area contributed by atoms with Gasteiger partial charge in [0.15, 0.2) is 3.95 Å². The molecule has 116 valence electrons. The number of hydrogen-bond acceptors (Lipinski definition) is 6. The molecule has 1 N–H and O–H groups in total. The molecule has 0 unspecified atom stereocenters. The largest absolute Gasteiger partial charge is 0.493 e. The zero-order valence-electron chi connectivity index (χ0n) is 11.7. The third-order valence-corrected chi connectivity index (χ3v) is 4.55. The number of thiazole rings is 1. The Morgan fingerprint density at radius 2 is 2.18 bits per heavy atom. The zero-order chi connectivity index (χ0) is 16.1. The number of carbonyl (C=O) groups excluding carboxylic acids is 1. The summed E-state index contributed by atoms with van der Waals surface area (Å²) in [5.74, 6) is -0.521. The van der Waals surface area contributed by atoms with Crippen molar-refractivity contribution in [2.24, 2.45) is 4.99 Å². The fraction of sp³-hybridized carbons (Fsp3) is 0.214. The Morgan fingerprint density at radius 1 is 1.50 bits per heavy atom. The Morgan fingerprint density at radius 3 is 2.82 bits per heavy atom. The van der Waals surface area contributed by atoms with Gasteiger partial charge in [0.1, 0.15) is 11.4 Å². The van der Waals surface area contributed by atoms with Crippen molar-refractivity contribution in [3.63, 3.8) is 0 Å². The fourth-order valence-corrected chi connectivity index (χ4v) is 3.07. The number of aliphatic imine (C=N–C) groups is 1. The molecule has 2 rings (SSSR count). The molecule has 0 atom stereocenters. The van der Waals surface area contributed by atoms with E-state index in [1.165, 1.54) is 22.1 Å². The molecule has 1 heterocycles. The summed E-state index contributed by atoms with van der Waals surface area (Å²) < 4.78 is 7.54. The Hall–Kier alpha value is -1.51. The first-order valence-electron chi connectivity index (χ1n) is 6.39. The van der Waals surface area contributed by atoms with E-state index in [0.717, 1.165) is 10.2 Å². The van der Waals surface area contributed by atoms with E-state index in [4.69, 9.17) is 17.0 Å². The number of aromatic nitrogens is 1. The van der Waals surface area contributed by atoms with E-state index >= 15 is 0 Å². The molecule has 0 aliphatic heterocycles. The van der Waals surface area contributed by atoms with Crippen molar-refractivity contribution in [2.75, 3.05) is 6.61 Å². The van der Waals surface area contributed by atoms with E-state index in [-0.39, 0.29) is 19.0 Å². The second kappa shape index (κ2) is 7.66. The smallest absolute Gasteiger partial charge is 0.326 e. The zero-order valence-corrected chi connectivity index (χ0v) is 14.9. The van der Waals surface area contributed by atoms with Crippen LogP contribution < -0.4 is 0 Å².